The van der Waals surface area contributed by atoms with E-state index < -0.39 is 0 Å². The van der Waals surface area contributed by atoms with Crippen LogP contribution >= 0.6 is 11.8 Å². The van der Waals surface area contributed by atoms with Crippen molar-refractivity contribution in [2.24, 2.45) is 0 Å². The Morgan fingerprint density at radius 1 is 1.17 bits per heavy atom. The average Bonchev–Trinajstić information content (AvgIpc) is 2.99. The smallest absolute Gasteiger partial charge is 0.119 e. The molecule has 0 radical (unpaired) electrons. The fourth-order valence-electron chi connectivity index (χ4n) is 3.21. The number of nitrogens with one attached hydrogen (secondary N) is 1. The summed E-state index contributed by atoms with van der Waals surface area (Å²) in [7, 11) is 1.71. The molecule has 0 amide bonds. The van der Waals surface area contributed by atoms with Gasteiger partial charge in [0.25, 0.3) is 0 Å². The highest BCUT2D eigenvalue weighted by Crippen LogP contribution is 2.49. The Morgan fingerprint density at radius 3 is 2.67 bits per heavy atom. The van der Waals surface area contributed by atoms with E-state index in [2.05, 4.69) is 67.0 Å². The van der Waals surface area contributed by atoms with Crippen LogP contribution in [0.2, 0.25) is 0 Å². The van der Waals surface area contributed by atoms with Crippen molar-refractivity contribution >= 4 is 27.6 Å². The monoisotopic (exact) mass is 333 g/mol. The minimum atomic E-state index is 0.206. The quantitative estimate of drug-likeness (QED) is 0.596. The van der Waals surface area contributed by atoms with Gasteiger partial charge in [0.1, 0.15) is 5.75 Å². The first-order chi connectivity index (χ1) is 11.7. The molecule has 0 spiro atoms. The number of thioether (sulfide) groups is 1. The van der Waals surface area contributed by atoms with Gasteiger partial charge in [0, 0.05) is 27.3 Å². The van der Waals surface area contributed by atoms with Crippen LogP contribution in [0.5, 0.6) is 5.75 Å². The second-order valence-electron chi connectivity index (χ2n) is 6.10. The maximum Gasteiger partial charge on any atom is 0.119 e. The summed E-state index contributed by atoms with van der Waals surface area (Å²) in [5.41, 5.74) is 4.84. The predicted molar refractivity (Wildman–Crippen MR) is 103 cm³/mol. The van der Waals surface area contributed by atoms with E-state index in [0.717, 1.165) is 16.8 Å². The molecule has 2 aromatic carbocycles. The van der Waals surface area contributed by atoms with Gasteiger partial charge in [0.05, 0.1) is 12.1 Å². The van der Waals surface area contributed by atoms with Crippen LogP contribution in [-0.4, -0.2) is 12.1 Å². The summed E-state index contributed by atoms with van der Waals surface area (Å²) in [4.78, 5) is 4.85. The summed E-state index contributed by atoms with van der Waals surface area (Å²) in [6, 6.07) is 16.7. The maximum atomic E-state index is 5.41. The number of hydrogen-bond acceptors (Lipinski definition) is 2. The number of H-pyrrole nitrogens is 1. The van der Waals surface area contributed by atoms with Gasteiger partial charge in [-0.2, -0.15) is 0 Å². The Balaban J connectivity index is 1.90. The van der Waals surface area contributed by atoms with Gasteiger partial charge in [-0.25, -0.2) is 0 Å². The minimum absolute atomic E-state index is 0.206. The lowest BCUT2D eigenvalue weighted by molar-refractivity contribution is 0.415. The van der Waals surface area contributed by atoms with Crippen molar-refractivity contribution in [2.75, 3.05) is 7.11 Å². The van der Waals surface area contributed by atoms with Crippen LogP contribution < -0.4 is 4.74 Å². The summed E-state index contributed by atoms with van der Waals surface area (Å²) >= 11 is 1.79. The Hall–Kier alpha value is -2.39. The zero-order chi connectivity index (χ0) is 16.7. The molecule has 0 bridgehead atoms. The molecule has 0 saturated carbocycles. The van der Waals surface area contributed by atoms with Gasteiger partial charge in [-0.15, -0.1) is 0 Å². The lowest BCUT2D eigenvalue weighted by atomic mass is 9.91. The Kier molecular flexibility index (Phi) is 3.73. The van der Waals surface area contributed by atoms with Gasteiger partial charge in [-0.1, -0.05) is 60.3 Å². The van der Waals surface area contributed by atoms with E-state index in [1.807, 2.05) is 6.07 Å². The highest BCUT2D eigenvalue weighted by molar-refractivity contribution is 8.08. The number of aromatic amines is 1. The average molecular weight is 333 g/mol. The van der Waals surface area contributed by atoms with Crippen molar-refractivity contribution < 1.29 is 4.74 Å². The van der Waals surface area contributed by atoms with Gasteiger partial charge in [-0.05, 0) is 30.7 Å². The van der Waals surface area contributed by atoms with Crippen LogP contribution in [0.25, 0.3) is 15.8 Å². The highest BCUT2D eigenvalue weighted by Gasteiger charge is 2.26. The topological polar surface area (TPSA) is 25.0 Å². The predicted octanol–water partition coefficient (Wildman–Crippen LogP) is 5.98. The van der Waals surface area contributed by atoms with Gasteiger partial charge in [0.2, 0.25) is 0 Å². The number of aromatic nitrogens is 1. The normalized spacial score (nSPS) is 16.6. The third-order valence-electron chi connectivity index (χ3n) is 4.44. The first-order valence-corrected chi connectivity index (χ1v) is 8.79. The van der Waals surface area contributed by atoms with Crippen LogP contribution in [0.1, 0.15) is 24.0 Å². The Labute approximate surface area is 146 Å². The van der Waals surface area contributed by atoms with Crippen LogP contribution in [-0.2, 0) is 0 Å². The molecule has 1 aliphatic rings. The van der Waals surface area contributed by atoms with Crippen molar-refractivity contribution in [1.82, 2.24) is 4.98 Å². The zero-order valence-corrected chi connectivity index (χ0v) is 14.6. The number of fused-ring (bicyclic) bond motifs is 3. The van der Waals surface area contributed by atoms with Gasteiger partial charge in [-0.3, -0.25) is 0 Å². The molecular formula is C21H19NOS. The van der Waals surface area contributed by atoms with E-state index in [1.54, 1.807) is 18.9 Å². The zero-order valence-electron chi connectivity index (χ0n) is 13.8. The molecular weight excluding hydrogens is 314 g/mol. The van der Waals surface area contributed by atoms with Gasteiger partial charge < -0.3 is 9.72 Å². The lowest BCUT2D eigenvalue weighted by Gasteiger charge is -2.22. The van der Waals surface area contributed by atoms with E-state index in [9.17, 15) is 0 Å². The molecule has 120 valence electrons. The Morgan fingerprint density at radius 2 is 1.96 bits per heavy atom. The molecule has 3 heteroatoms. The second-order valence-corrected chi connectivity index (χ2v) is 7.15. The molecule has 2 nitrogen and oxygen atoms in total. The van der Waals surface area contributed by atoms with E-state index in [0.29, 0.717) is 0 Å². The van der Waals surface area contributed by atoms with Crippen molar-refractivity contribution in [3.05, 3.63) is 77.9 Å². The maximum absolute atomic E-state index is 5.41. The number of methoxy groups -OCH3 is 1. The van der Waals surface area contributed by atoms with E-state index in [4.69, 9.17) is 4.74 Å². The molecule has 0 aliphatic carbocycles. The molecule has 1 aliphatic heterocycles. The molecule has 1 N–H and O–H groups in total. The molecule has 0 saturated heterocycles. The number of hydrogen-bond donors (Lipinski definition) is 1. The molecule has 3 aromatic rings. The number of benzene rings is 2. The lowest BCUT2D eigenvalue weighted by Crippen LogP contribution is -2.02. The first kappa shape index (κ1) is 15.2. The SMILES string of the molecule is C=C(C)C1C=C(c2ccccc2)Sc2[nH]c3ccc(OC)cc3c21. The van der Waals surface area contributed by atoms with Gasteiger partial charge >= 0.3 is 0 Å². The first-order valence-electron chi connectivity index (χ1n) is 7.97. The molecule has 1 aromatic heterocycles. The van der Waals surface area contributed by atoms with Crippen LogP contribution in [0.3, 0.4) is 0 Å². The summed E-state index contributed by atoms with van der Waals surface area (Å²) in [6.45, 7) is 6.34. The highest BCUT2D eigenvalue weighted by atomic mass is 32.2. The number of allylic oxidation sites excluding steroid dienone is 2. The summed E-state index contributed by atoms with van der Waals surface area (Å²) < 4.78 is 5.41. The van der Waals surface area contributed by atoms with Crippen molar-refractivity contribution in [3.8, 4) is 5.75 Å². The molecule has 1 unspecified atom stereocenters. The van der Waals surface area contributed by atoms with E-state index in [-0.39, 0.29) is 5.92 Å². The van der Waals surface area contributed by atoms with Crippen LogP contribution in [0, 0.1) is 0 Å². The Bertz CT molecular complexity index is 953. The molecule has 24 heavy (non-hydrogen) atoms. The number of rotatable bonds is 3. The number of ether oxygens (including phenoxy) is 1. The third kappa shape index (κ3) is 2.45. The fourth-order valence-corrected chi connectivity index (χ4v) is 4.39. The molecule has 1 atom stereocenters. The van der Waals surface area contributed by atoms with Crippen molar-refractivity contribution in [1.29, 1.82) is 0 Å². The molecule has 4 rings (SSSR count). The third-order valence-corrected chi connectivity index (χ3v) is 5.56. The molecule has 2 heterocycles. The standard InChI is InChI=1S/C21H19NOS/c1-13(2)16-12-19(14-7-5-4-6-8-14)24-21-20(16)17-11-15(23-3)9-10-18(17)22-21/h4-12,16,22H,1H2,2-3H3. The van der Waals surface area contributed by atoms with E-state index in [1.165, 1.54) is 26.4 Å². The van der Waals surface area contributed by atoms with Crippen molar-refractivity contribution in [3.63, 3.8) is 0 Å². The second kappa shape index (κ2) is 5.91. The van der Waals surface area contributed by atoms with Crippen molar-refractivity contribution in [2.45, 2.75) is 17.9 Å². The van der Waals surface area contributed by atoms with Gasteiger partial charge in [0.15, 0.2) is 0 Å². The summed E-state index contributed by atoms with van der Waals surface area (Å²) in [6.07, 6.45) is 2.33. The van der Waals surface area contributed by atoms with Crippen LogP contribution in [0.15, 0.2) is 71.8 Å². The summed E-state index contributed by atoms with van der Waals surface area (Å²) in [5.74, 6) is 1.09. The summed E-state index contributed by atoms with van der Waals surface area (Å²) in [5, 5.41) is 2.42. The molecule has 0 fully saturated rings. The largest absolute Gasteiger partial charge is 0.497 e. The van der Waals surface area contributed by atoms with E-state index >= 15 is 0 Å². The fraction of sp³-hybridized carbons (Fsp3) is 0.143. The van der Waals surface area contributed by atoms with Crippen LogP contribution in [0.4, 0.5) is 0 Å². The minimum Gasteiger partial charge on any atom is -0.497 e.